The molecule has 0 amide bonds. The summed E-state index contributed by atoms with van der Waals surface area (Å²) in [4.78, 5) is 31.2. The van der Waals surface area contributed by atoms with Crippen LogP contribution in [0, 0.1) is 0 Å². The molecular weight excluding hydrogens is 422 g/mol. The van der Waals surface area contributed by atoms with Crippen molar-refractivity contribution in [3.8, 4) is 11.1 Å². The molecule has 0 unspecified atom stereocenters. The maximum absolute atomic E-state index is 13.3. The van der Waals surface area contributed by atoms with Gasteiger partial charge in [-0.3, -0.25) is 9.78 Å². The van der Waals surface area contributed by atoms with E-state index in [0.717, 1.165) is 66.2 Å². The lowest BCUT2D eigenvalue weighted by atomic mass is 9.97. The number of aryl methyl sites for hydroxylation is 1. The predicted octanol–water partition coefficient (Wildman–Crippen LogP) is 6.11. The second-order valence-corrected chi connectivity index (χ2v) is 9.20. The minimum Gasteiger partial charge on any atom is -0.454 e. The van der Waals surface area contributed by atoms with Crippen LogP contribution < -0.4 is 0 Å². The monoisotopic (exact) mass is 447 g/mol. The summed E-state index contributed by atoms with van der Waals surface area (Å²) in [5.41, 5.74) is 8.71. The Morgan fingerprint density at radius 3 is 2.56 bits per heavy atom. The Labute approximate surface area is 198 Å². The molecule has 4 nitrogen and oxygen atoms in total. The van der Waals surface area contributed by atoms with Crippen molar-refractivity contribution in [3.63, 3.8) is 0 Å². The summed E-state index contributed by atoms with van der Waals surface area (Å²) in [5.74, 6) is -0.624. The number of ketones is 1. The van der Waals surface area contributed by atoms with E-state index in [4.69, 9.17) is 9.72 Å². The first-order chi connectivity index (χ1) is 16.7. The number of rotatable bonds is 4. The molecule has 2 aliphatic rings. The van der Waals surface area contributed by atoms with E-state index in [1.807, 2.05) is 54.6 Å². The second kappa shape index (κ2) is 8.53. The molecule has 4 heteroatoms. The molecule has 3 aromatic carbocycles. The minimum absolute atomic E-state index is 0.190. The van der Waals surface area contributed by atoms with Crippen LogP contribution in [0.15, 0.2) is 66.7 Å². The smallest absolute Gasteiger partial charge is 0.339 e. The maximum atomic E-state index is 13.3. The van der Waals surface area contributed by atoms with Crippen LogP contribution in [0.2, 0.25) is 0 Å². The fourth-order valence-electron chi connectivity index (χ4n) is 5.37. The van der Waals surface area contributed by atoms with Crippen LogP contribution >= 0.6 is 0 Å². The fraction of sp³-hybridized carbons (Fsp3) is 0.233. The van der Waals surface area contributed by atoms with Gasteiger partial charge in [0.2, 0.25) is 0 Å². The molecule has 0 radical (unpaired) electrons. The van der Waals surface area contributed by atoms with Gasteiger partial charge >= 0.3 is 5.97 Å². The van der Waals surface area contributed by atoms with Gasteiger partial charge in [0.05, 0.1) is 11.1 Å². The number of aromatic nitrogens is 1. The number of ether oxygens (including phenoxy) is 1. The molecule has 4 aromatic rings. The Kier molecular flexibility index (Phi) is 5.21. The number of Topliss-reactive ketones (excluding diaryl/α,β-unsaturated/α-hetero) is 1. The third-order valence-corrected chi connectivity index (χ3v) is 7.08. The number of nitrogens with zero attached hydrogens (tertiary/aromatic N) is 1. The van der Waals surface area contributed by atoms with Gasteiger partial charge in [-0.2, -0.15) is 0 Å². The van der Waals surface area contributed by atoms with E-state index in [2.05, 4.69) is 12.1 Å². The summed E-state index contributed by atoms with van der Waals surface area (Å²) in [6.07, 6.45) is 5.80. The molecule has 6 rings (SSSR count). The number of hydrogen-bond acceptors (Lipinski definition) is 4. The summed E-state index contributed by atoms with van der Waals surface area (Å²) in [5, 5.41) is 0.801. The highest BCUT2D eigenvalue weighted by Gasteiger charge is 2.24. The molecule has 168 valence electrons. The van der Waals surface area contributed by atoms with Gasteiger partial charge in [0.15, 0.2) is 12.4 Å². The van der Waals surface area contributed by atoms with Crippen LogP contribution in [-0.2, 0) is 24.0 Å². The quantitative estimate of drug-likeness (QED) is 0.189. The molecular formula is C30H25NO3. The first kappa shape index (κ1) is 20.8. The zero-order valence-electron chi connectivity index (χ0n) is 19.0. The molecule has 0 N–H and O–H groups in total. The van der Waals surface area contributed by atoms with Crippen LogP contribution in [-0.4, -0.2) is 23.3 Å². The van der Waals surface area contributed by atoms with E-state index in [0.29, 0.717) is 11.1 Å². The normalized spacial score (nSPS) is 14.1. The molecule has 0 saturated heterocycles. The molecule has 0 bridgehead atoms. The predicted molar refractivity (Wildman–Crippen MR) is 132 cm³/mol. The molecule has 1 heterocycles. The molecule has 0 aliphatic heterocycles. The van der Waals surface area contributed by atoms with Crippen LogP contribution in [0.25, 0.3) is 22.0 Å². The highest BCUT2D eigenvalue weighted by Crippen LogP contribution is 2.37. The number of esters is 1. The summed E-state index contributed by atoms with van der Waals surface area (Å²) in [6.45, 7) is -0.273. The van der Waals surface area contributed by atoms with Crippen molar-refractivity contribution in [1.82, 2.24) is 4.98 Å². The van der Waals surface area contributed by atoms with Crippen molar-refractivity contribution in [2.24, 2.45) is 0 Å². The first-order valence-corrected chi connectivity index (χ1v) is 12.0. The highest BCUT2D eigenvalue weighted by atomic mass is 16.5. The molecule has 0 saturated carbocycles. The van der Waals surface area contributed by atoms with Gasteiger partial charge in [0, 0.05) is 16.6 Å². The summed E-state index contributed by atoms with van der Waals surface area (Å²) in [7, 11) is 0. The second-order valence-electron chi connectivity index (χ2n) is 9.20. The van der Waals surface area contributed by atoms with E-state index in [1.165, 1.54) is 16.7 Å². The van der Waals surface area contributed by atoms with Crippen LogP contribution in [0.5, 0.6) is 0 Å². The lowest BCUT2D eigenvalue weighted by molar-refractivity contribution is 0.0475. The number of para-hydroxylation sites is 1. The number of carbonyl (C=O) groups excluding carboxylic acids is 2. The van der Waals surface area contributed by atoms with Gasteiger partial charge in [-0.15, -0.1) is 0 Å². The number of hydrogen-bond donors (Lipinski definition) is 0. The number of pyridine rings is 1. The Balaban J connectivity index is 1.27. The van der Waals surface area contributed by atoms with E-state index in [1.54, 1.807) is 0 Å². The third-order valence-electron chi connectivity index (χ3n) is 7.08. The van der Waals surface area contributed by atoms with E-state index in [-0.39, 0.29) is 12.4 Å². The lowest BCUT2D eigenvalue weighted by Crippen LogP contribution is -2.17. The number of fused-ring (bicyclic) bond motifs is 5. The number of benzene rings is 3. The minimum atomic E-state index is -0.434. The van der Waals surface area contributed by atoms with Crippen LogP contribution in [0.4, 0.5) is 0 Å². The van der Waals surface area contributed by atoms with E-state index >= 15 is 0 Å². The summed E-state index contributed by atoms with van der Waals surface area (Å²) >= 11 is 0. The van der Waals surface area contributed by atoms with E-state index in [9.17, 15) is 9.59 Å². The Morgan fingerprint density at radius 2 is 1.62 bits per heavy atom. The summed E-state index contributed by atoms with van der Waals surface area (Å²) in [6, 6.07) is 21.8. The lowest BCUT2D eigenvalue weighted by Gasteiger charge is -2.15. The molecule has 0 spiro atoms. The molecule has 0 atom stereocenters. The molecule has 1 aromatic heterocycles. The fourth-order valence-corrected chi connectivity index (χ4v) is 5.37. The van der Waals surface area contributed by atoms with Gasteiger partial charge < -0.3 is 4.74 Å². The number of carbonyl (C=O) groups is 2. The SMILES string of the molecule is O=C(COC(=O)c1c2c(nc3ccccc13)CCCCC2)c1ccc2c(c1)-c1ccccc1C2. The van der Waals surface area contributed by atoms with Crippen molar-refractivity contribution < 1.29 is 14.3 Å². The Morgan fingerprint density at radius 1 is 0.824 bits per heavy atom. The van der Waals surface area contributed by atoms with Crippen molar-refractivity contribution >= 4 is 22.7 Å². The zero-order chi connectivity index (χ0) is 23.1. The Bertz CT molecular complexity index is 1450. The summed E-state index contributed by atoms with van der Waals surface area (Å²) < 4.78 is 5.63. The average Bonchev–Trinajstić information content (AvgIpc) is 3.08. The van der Waals surface area contributed by atoms with E-state index < -0.39 is 5.97 Å². The van der Waals surface area contributed by atoms with Gasteiger partial charge in [-0.1, -0.05) is 61.0 Å². The zero-order valence-corrected chi connectivity index (χ0v) is 19.0. The van der Waals surface area contributed by atoms with Gasteiger partial charge in [0.25, 0.3) is 0 Å². The van der Waals surface area contributed by atoms with Crippen molar-refractivity contribution in [2.75, 3.05) is 6.61 Å². The third kappa shape index (κ3) is 3.60. The van der Waals surface area contributed by atoms with Gasteiger partial charge in [0.1, 0.15) is 0 Å². The maximum Gasteiger partial charge on any atom is 0.339 e. The highest BCUT2D eigenvalue weighted by molar-refractivity contribution is 6.06. The first-order valence-electron chi connectivity index (χ1n) is 12.0. The van der Waals surface area contributed by atoms with Gasteiger partial charge in [-0.05, 0) is 72.1 Å². The molecule has 2 aliphatic carbocycles. The Hall–Kier alpha value is -3.79. The standard InChI is InChI=1S/C30H25NO3/c32-28(21-15-14-20-16-19-8-4-5-9-22(19)25(20)17-21)18-34-30(33)29-23-10-2-1-3-12-26(23)31-27-13-7-6-11-24(27)29/h4-9,11,13-15,17H,1-3,10,12,16,18H2. The van der Waals surface area contributed by atoms with Crippen molar-refractivity contribution in [3.05, 3.63) is 100 Å². The van der Waals surface area contributed by atoms with Gasteiger partial charge in [-0.25, -0.2) is 4.79 Å². The molecule has 34 heavy (non-hydrogen) atoms. The van der Waals surface area contributed by atoms with Crippen LogP contribution in [0.1, 0.15) is 62.4 Å². The largest absolute Gasteiger partial charge is 0.454 e. The van der Waals surface area contributed by atoms with Crippen LogP contribution in [0.3, 0.4) is 0 Å². The average molecular weight is 448 g/mol. The van der Waals surface area contributed by atoms with Crippen molar-refractivity contribution in [1.29, 1.82) is 0 Å². The van der Waals surface area contributed by atoms with Crippen molar-refractivity contribution in [2.45, 2.75) is 38.5 Å². The molecule has 0 fully saturated rings. The topological polar surface area (TPSA) is 56.3 Å².